The highest BCUT2D eigenvalue weighted by Crippen LogP contribution is 2.00. The van der Waals surface area contributed by atoms with E-state index in [-0.39, 0.29) is 5.54 Å². The average Bonchev–Trinajstić information content (AvgIpc) is 1.85. The van der Waals surface area contributed by atoms with Crippen LogP contribution in [0, 0.1) is 6.92 Å². The molecule has 0 saturated heterocycles. The molecule has 0 aromatic heterocycles. The molecule has 1 heteroatoms. The molecular weight excluding hydrogens is 134 g/mol. The van der Waals surface area contributed by atoms with E-state index < -0.39 is 0 Å². The van der Waals surface area contributed by atoms with Crippen LogP contribution < -0.4 is 5.32 Å². The second kappa shape index (κ2) is 5.00. The maximum Gasteiger partial charge on any atom is 0.0523 e. The minimum absolute atomic E-state index is 0.0463. The van der Waals surface area contributed by atoms with Gasteiger partial charge in [-0.3, -0.25) is 5.32 Å². The first-order chi connectivity index (χ1) is 5.06. The van der Waals surface area contributed by atoms with Gasteiger partial charge in [-0.25, -0.2) is 0 Å². The molecule has 62 valence electrons. The number of allylic oxidation sites excluding steroid dienone is 3. The van der Waals surface area contributed by atoms with E-state index in [1.54, 1.807) is 6.08 Å². The Morgan fingerprint density at radius 3 is 2.36 bits per heavy atom. The summed E-state index contributed by atoms with van der Waals surface area (Å²) in [5.74, 6) is 0. The first-order valence-electron chi connectivity index (χ1n) is 3.87. The summed E-state index contributed by atoms with van der Waals surface area (Å²) in [5, 5.41) is 4.29. The summed E-state index contributed by atoms with van der Waals surface area (Å²) in [6.45, 7) is 9.82. The van der Waals surface area contributed by atoms with Gasteiger partial charge < -0.3 is 0 Å². The zero-order chi connectivity index (χ0) is 8.74. The summed E-state index contributed by atoms with van der Waals surface area (Å²) in [6.07, 6.45) is 8.59. The van der Waals surface area contributed by atoms with Crippen molar-refractivity contribution in [2.45, 2.75) is 32.7 Å². The Balaban J connectivity index is 3.45. The summed E-state index contributed by atoms with van der Waals surface area (Å²) in [7, 11) is 0. The molecule has 0 spiro atoms. The predicted octanol–water partition coefficient (Wildman–Crippen LogP) is 2.68. The van der Waals surface area contributed by atoms with Crippen LogP contribution in [0.2, 0.25) is 0 Å². The van der Waals surface area contributed by atoms with Crippen LogP contribution in [0.1, 0.15) is 27.2 Å². The topological polar surface area (TPSA) is 14.1 Å². The van der Waals surface area contributed by atoms with Crippen LogP contribution in [0.5, 0.6) is 0 Å². The lowest BCUT2D eigenvalue weighted by molar-refractivity contribution is 0.481. The second-order valence-corrected chi connectivity index (χ2v) is 3.39. The minimum atomic E-state index is 0.0463. The van der Waals surface area contributed by atoms with Crippen LogP contribution in [-0.2, 0) is 0 Å². The molecular formula is C10H17N. The number of nitrogens with zero attached hydrogens (tertiary/aromatic N) is 1. The molecule has 0 unspecified atom stereocenters. The van der Waals surface area contributed by atoms with Crippen LogP contribution in [0.15, 0.2) is 24.4 Å². The lowest BCUT2D eigenvalue weighted by Gasteiger charge is -2.14. The van der Waals surface area contributed by atoms with E-state index in [1.165, 1.54) is 0 Å². The third kappa shape index (κ3) is 9.28. The molecule has 0 atom stereocenters. The van der Waals surface area contributed by atoms with Gasteiger partial charge in [0.2, 0.25) is 0 Å². The molecule has 0 heterocycles. The smallest absolute Gasteiger partial charge is 0.0523 e. The van der Waals surface area contributed by atoms with Crippen LogP contribution in [0.3, 0.4) is 0 Å². The first kappa shape index (κ1) is 10.3. The van der Waals surface area contributed by atoms with E-state index in [2.05, 4.69) is 33.0 Å². The van der Waals surface area contributed by atoms with Crippen molar-refractivity contribution in [3.63, 3.8) is 0 Å². The Morgan fingerprint density at radius 1 is 1.27 bits per heavy atom. The summed E-state index contributed by atoms with van der Waals surface area (Å²) in [6, 6.07) is 0. The molecule has 11 heavy (non-hydrogen) atoms. The third-order valence-corrected chi connectivity index (χ3v) is 1.01. The van der Waals surface area contributed by atoms with Gasteiger partial charge in [-0.05, 0) is 34.1 Å². The Hall–Kier alpha value is -0.720. The van der Waals surface area contributed by atoms with Crippen LogP contribution in [-0.4, -0.2) is 5.54 Å². The second-order valence-electron chi connectivity index (χ2n) is 3.39. The van der Waals surface area contributed by atoms with Crippen LogP contribution >= 0.6 is 0 Å². The lowest BCUT2D eigenvalue weighted by Crippen LogP contribution is -2.24. The van der Waals surface area contributed by atoms with Crippen molar-refractivity contribution in [2.24, 2.45) is 0 Å². The lowest BCUT2D eigenvalue weighted by atomic mass is 10.1. The quantitative estimate of drug-likeness (QED) is 0.589. The van der Waals surface area contributed by atoms with Crippen molar-refractivity contribution in [1.82, 2.24) is 5.32 Å². The summed E-state index contributed by atoms with van der Waals surface area (Å²) in [4.78, 5) is 0. The van der Waals surface area contributed by atoms with E-state index in [1.807, 2.05) is 18.4 Å². The summed E-state index contributed by atoms with van der Waals surface area (Å²) in [5.41, 5.74) is 0.0463. The van der Waals surface area contributed by atoms with Crippen LogP contribution in [0.25, 0.3) is 0 Å². The fraction of sp³-hybridized carbons (Fsp3) is 0.500. The maximum atomic E-state index is 4.29. The Morgan fingerprint density at radius 2 is 1.91 bits per heavy atom. The molecule has 0 fully saturated rings. The summed E-state index contributed by atoms with van der Waals surface area (Å²) >= 11 is 0. The highest BCUT2D eigenvalue weighted by atomic mass is 14.9. The molecule has 1 nitrogen and oxygen atoms in total. The molecule has 0 N–H and O–H groups in total. The fourth-order valence-corrected chi connectivity index (χ4v) is 0.512. The standard InChI is InChI=1S/C10H17N/c1-5-6-7-8-9-11-10(2,3)4/h5-6,8-9H,1,7H2,2-4H3. The number of rotatable bonds is 3. The summed E-state index contributed by atoms with van der Waals surface area (Å²) < 4.78 is 0. The maximum absolute atomic E-state index is 4.29. The van der Waals surface area contributed by atoms with Crippen molar-refractivity contribution in [2.75, 3.05) is 0 Å². The Labute approximate surface area is 70.2 Å². The number of hydrogen-bond acceptors (Lipinski definition) is 0. The van der Waals surface area contributed by atoms with Gasteiger partial charge in [0.15, 0.2) is 0 Å². The molecule has 0 aromatic carbocycles. The van der Waals surface area contributed by atoms with Crippen LogP contribution in [0.4, 0.5) is 0 Å². The fourth-order valence-electron chi connectivity index (χ4n) is 0.512. The molecule has 0 saturated carbocycles. The first-order valence-corrected chi connectivity index (χ1v) is 3.87. The van der Waals surface area contributed by atoms with Gasteiger partial charge in [0, 0.05) is 6.20 Å². The van der Waals surface area contributed by atoms with Gasteiger partial charge >= 0.3 is 0 Å². The van der Waals surface area contributed by atoms with Crippen molar-refractivity contribution < 1.29 is 0 Å². The Kier molecular flexibility index (Phi) is 4.67. The van der Waals surface area contributed by atoms with Gasteiger partial charge in [-0.15, -0.1) is 0 Å². The van der Waals surface area contributed by atoms with Gasteiger partial charge in [0.1, 0.15) is 0 Å². The SMILES string of the molecule is [CH2]C=CCC=C[N]C(C)(C)C. The van der Waals surface area contributed by atoms with Crippen molar-refractivity contribution in [3.05, 3.63) is 31.4 Å². The van der Waals surface area contributed by atoms with Gasteiger partial charge in [-0.2, -0.15) is 0 Å². The van der Waals surface area contributed by atoms with Gasteiger partial charge in [-0.1, -0.05) is 18.2 Å². The largest absolute Gasteiger partial charge is 0.288 e. The van der Waals surface area contributed by atoms with Crippen molar-refractivity contribution in [3.8, 4) is 0 Å². The van der Waals surface area contributed by atoms with E-state index in [4.69, 9.17) is 0 Å². The highest BCUT2D eigenvalue weighted by Gasteiger charge is 2.06. The molecule has 2 radical (unpaired) electrons. The molecule has 0 rings (SSSR count). The molecule has 0 aliphatic heterocycles. The zero-order valence-corrected chi connectivity index (χ0v) is 7.67. The monoisotopic (exact) mass is 151 g/mol. The van der Waals surface area contributed by atoms with Crippen molar-refractivity contribution >= 4 is 0 Å². The highest BCUT2D eigenvalue weighted by molar-refractivity contribution is 4.94. The van der Waals surface area contributed by atoms with E-state index in [0.29, 0.717) is 0 Å². The third-order valence-electron chi connectivity index (χ3n) is 1.01. The van der Waals surface area contributed by atoms with Gasteiger partial charge in [0.05, 0.1) is 5.54 Å². The molecule has 0 aliphatic rings. The molecule has 0 aromatic rings. The molecule has 0 amide bonds. The van der Waals surface area contributed by atoms with Gasteiger partial charge in [0.25, 0.3) is 0 Å². The number of hydrogen-bond donors (Lipinski definition) is 0. The van der Waals surface area contributed by atoms with E-state index >= 15 is 0 Å². The van der Waals surface area contributed by atoms with E-state index in [9.17, 15) is 0 Å². The molecule has 0 bridgehead atoms. The minimum Gasteiger partial charge on any atom is -0.288 e. The normalized spacial score (nSPS) is 13.1. The van der Waals surface area contributed by atoms with Crippen molar-refractivity contribution in [1.29, 1.82) is 0 Å². The van der Waals surface area contributed by atoms with E-state index in [0.717, 1.165) is 6.42 Å². The molecule has 0 aliphatic carbocycles. The Bertz CT molecular complexity index is 137. The zero-order valence-electron chi connectivity index (χ0n) is 7.67. The average molecular weight is 151 g/mol. The predicted molar refractivity (Wildman–Crippen MR) is 50.1 cm³/mol.